The lowest BCUT2D eigenvalue weighted by molar-refractivity contribution is -0.133. The number of fused-ring (bicyclic) bond motifs is 3. The van der Waals surface area contributed by atoms with Gasteiger partial charge in [0, 0.05) is 5.92 Å². The highest BCUT2D eigenvalue weighted by Crippen LogP contribution is 2.61. The minimum absolute atomic E-state index is 0.00967. The average molecular weight is 398 g/mol. The largest absolute Gasteiger partial charge is 0.371 e. The van der Waals surface area contributed by atoms with Crippen LogP contribution in [0.3, 0.4) is 0 Å². The summed E-state index contributed by atoms with van der Waals surface area (Å²) in [7, 11) is 0. The molecule has 3 aliphatic carbocycles. The monoisotopic (exact) mass is 397 g/mol. The molecule has 1 heterocycles. The predicted octanol–water partition coefficient (Wildman–Crippen LogP) is 3.68. The van der Waals surface area contributed by atoms with E-state index < -0.39 is 0 Å². The van der Waals surface area contributed by atoms with Crippen molar-refractivity contribution in [2.24, 2.45) is 23.2 Å². The second-order valence-electron chi connectivity index (χ2n) is 9.53. The Morgan fingerprint density at radius 3 is 2.76 bits per heavy atom. The maximum absolute atomic E-state index is 12.9. The molecule has 0 radical (unpaired) electrons. The van der Waals surface area contributed by atoms with E-state index in [4.69, 9.17) is 4.74 Å². The molecule has 3 atom stereocenters. The maximum Gasteiger partial charge on any atom is 0.280 e. The molecule has 1 amide bonds. The molecular formula is C23H31N3O3. The van der Waals surface area contributed by atoms with Crippen LogP contribution in [0.1, 0.15) is 58.7 Å². The zero-order valence-corrected chi connectivity index (χ0v) is 17.8. The van der Waals surface area contributed by atoms with Crippen molar-refractivity contribution in [3.8, 4) is 0 Å². The first-order valence-electron chi connectivity index (χ1n) is 10.7. The third kappa shape index (κ3) is 3.59. The summed E-state index contributed by atoms with van der Waals surface area (Å²) in [5, 5.41) is 0.488. The summed E-state index contributed by atoms with van der Waals surface area (Å²) >= 11 is 0. The SMILES string of the molecule is CC(C)c1nc2ccccc2c(=O)n1NC(=O)COC[C@@H]1CC[C@H]2C[C@H]1C2(C)C. The quantitative estimate of drug-likeness (QED) is 0.807. The maximum atomic E-state index is 12.9. The summed E-state index contributed by atoms with van der Waals surface area (Å²) in [6.07, 6.45) is 3.74. The molecule has 3 fully saturated rings. The Morgan fingerprint density at radius 2 is 2.07 bits per heavy atom. The van der Waals surface area contributed by atoms with E-state index in [1.54, 1.807) is 12.1 Å². The van der Waals surface area contributed by atoms with E-state index >= 15 is 0 Å². The Balaban J connectivity index is 1.42. The van der Waals surface area contributed by atoms with Gasteiger partial charge in [-0.2, -0.15) is 0 Å². The standard InChI is InChI=1S/C23H31N3O3/c1-14(2)21-24-19-8-6-5-7-17(19)22(28)26(21)25-20(27)13-29-12-15-9-10-16-11-18(15)23(16,3)4/h5-8,14-16,18H,9-13H2,1-4H3,(H,25,27)/t15-,16-,18+/m0/s1. The molecule has 1 aromatic heterocycles. The topological polar surface area (TPSA) is 73.2 Å². The number of carbonyl (C=O) groups excluding carboxylic acids is 1. The van der Waals surface area contributed by atoms with Gasteiger partial charge in [0.2, 0.25) is 0 Å². The first-order chi connectivity index (χ1) is 13.8. The van der Waals surface area contributed by atoms with Gasteiger partial charge < -0.3 is 4.74 Å². The van der Waals surface area contributed by atoms with Gasteiger partial charge >= 0.3 is 0 Å². The van der Waals surface area contributed by atoms with E-state index in [9.17, 15) is 9.59 Å². The molecule has 5 rings (SSSR count). The highest BCUT2D eigenvalue weighted by Gasteiger charge is 2.54. The lowest BCUT2D eigenvalue weighted by atomic mass is 9.46. The van der Waals surface area contributed by atoms with Crippen LogP contribution in [-0.4, -0.2) is 28.8 Å². The molecule has 6 nitrogen and oxygen atoms in total. The van der Waals surface area contributed by atoms with Crippen LogP contribution in [0.5, 0.6) is 0 Å². The summed E-state index contributed by atoms with van der Waals surface area (Å²) < 4.78 is 7.05. The molecule has 0 aliphatic heterocycles. The lowest BCUT2D eigenvalue weighted by Gasteiger charge is -2.60. The summed E-state index contributed by atoms with van der Waals surface area (Å²) in [6, 6.07) is 7.19. The fourth-order valence-corrected chi connectivity index (χ4v) is 5.27. The van der Waals surface area contributed by atoms with E-state index in [1.165, 1.54) is 23.9 Å². The number of hydrogen-bond donors (Lipinski definition) is 1. The fourth-order valence-electron chi connectivity index (χ4n) is 5.27. The number of benzene rings is 1. The number of amides is 1. The number of hydrogen-bond acceptors (Lipinski definition) is 4. The molecule has 1 N–H and O–H groups in total. The van der Waals surface area contributed by atoms with Crippen LogP contribution in [-0.2, 0) is 9.53 Å². The minimum atomic E-state index is -0.326. The van der Waals surface area contributed by atoms with Gasteiger partial charge in [-0.25, -0.2) is 9.66 Å². The van der Waals surface area contributed by atoms with E-state index in [2.05, 4.69) is 24.3 Å². The zero-order valence-electron chi connectivity index (χ0n) is 17.8. The molecule has 6 heteroatoms. The van der Waals surface area contributed by atoms with Gasteiger partial charge in [0.05, 0.1) is 17.5 Å². The number of rotatable bonds is 6. The van der Waals surface area contributed by atoms with Gasteiger partial charge in [0.1, 0.15) is 12.4 Å². The summed E-state index contributed by atoms with van der Waals surface area (Å²) in [4.78, 5) is 30.0. The molecule has 156 valence electrons. The Bertz CT molecular complexity index is 977. The second-order valence-corrected chi connectivity index (χ2v) is 9.53. The molecule has 2 bridgehead atoms. The van der Waals surface area contributed by atoms with Gasteiger partial charge in [-0.15, -0.1) is 0 Å². The van der Waals surface area contributed by atoms with Crippen LogP contribution in [0.4, 0.5) is 0 Å². The molecule has 0 unspecified atom stereocenters. The summed E-state index contributed by atoms with van der Waals surface area (Å²) in [5.41, 5.74) is 3.49. The molecule has 0 saturated heterocycles. The third-order valence-electron chi connectivity index (χ3n) is 7.12. The highest BCUT2D eigenvalue weighted by molar-refractivity contribution is 5.85. The smallest absolute Gasteiger partial charge is 0.280 e. The third-order valence-corrected chi connectivity index (χ3v) is 7.12. The number of aromatic nitrogens is 2. The second kappa shape index (κ2) is 7.56. The van der Waals surface area contributed by atoms with Crippen LogP contribution in [0, 0.1) is 23.2 Å². The van der Waals surface area contributed by atoms with Crippen molar-refractivity contribution in [2.45, 2.75) is 52.9 Å². The first-order valence-corrected chi connectivity index (χ1v) is 10.7. The van der Waals surface area contributed by atoms with Crippen LogP contribution >= 0.6 is 0 Å². The van der Waals surface area contributed by atoms with Crippen LogP contribution in [0.25, 0.3) is 10.9 Å². The van der Waals surface area contributed by atoms with Gasteiger partial charge in [0.25, 0.3) is 11.5 Å². The number of ether oxygens (including phenoxy) is 1. The van der Waals surface area contributed by atoms with Crippen molar-refractivity contribution in [3.63, 3.8) is 0 Å². The fraction of sp³-hybridized carbons (Fsp3) is 0.609. The molecular weight excluding hydrogens is 366 g/mol. The molecule has 1 aromatic carbocycles. The molecule has 29 heavy (non-hydrogen) atoms. The normalized spacial score (nSPS) is 25.1. The molecule has 3 aliphatic rings. The van der Waals surface area contributed by atoms with Crippen LogP contribution in [0.15, 0.2) is 29.1 Å². The summed E-state index contributed by atoms with van der Waals surface area (Å²) in [6.45, 7) is 9.17. The van der Waals surface area contributed by atoms with Crippen molar-refractivity contribution in [1.29, 1.82) is 0 Å². The van der Waals surface area contributed by atoms with Crippen molar-refractivity contribution >= 4 is 16.8 Å². The van der Waals surface area contributed by atoms with Gasteiger partial charge in [0.15, 0.2) is 0 Å². The molecule has 0 spiro atoms. The lowest BCUT2D eigenvalue weighted by Crippen LogP contribution is -2.53. The minimum Gasteiger partial charge on any atom is -0.371 e. The number of nitrogens with zero attached hydrogens (tertiary/aromatic N) is 2. The Labute approximate surface area is 171 Å². The predicted molar refractivity (Wildman–Crippen MR) is 113 cm³/mol. The summed E-state index contributed by atoms with van der Waals surface area (Å²) in [5.74, 6) is 2.28. The molecule has 3 saturated carbocycles. The van der Waals surface area contributed by atoms with Gasteiger partial charge in [-0.3, -0.25) is 15.0 Å². The zero-order chi connectivity index (χ0) is 20.8. The average Bonchev–Trinajstić information content (AvgIpc) is 2.69. The van der Waals surface area contributed by atoms with Crippen molar-refractivity contribution in [2.75, 3.05) is 18.6 Å². The molecule has 2 aromatic rings. The number of para-hydroxylation sites is 1. The van der Waals surface area contributed by atoms with Gasteiger partial charge in [-0.05, 0) is 54.6 Å². The van der Waals surface area contributed by atoms with Crippen LogP contribution < -0.4 is 11.0 Å². The van der Waals surface area contributed by atoms with Crippen molar-refractivity contribution < 1.29 is 9.53 Å². The van der Waals surface area contributed by atoms with E-state index in [1.807, 2.05) is 26.0 Å². The Kier molecular flexibility index (Phi) is 5.23. The van der Waals surface area contributed by atoms with E-state index in [0.717, 1.165) is 5.92 Å². The Morgan fingerprint density at radius 1 is 1.31 bits per heavy atom. The number of carbonyl (C=O) groups is 1. The number of nitrogens with one attached hydrogen (secondary N) is 1. The van der Waals surface area contributed by atoms with Gasteiger partial charge in [-0.1, -0.05) is 39.8 Å². The van der Waals surface area contributed by atoms with Crippen LogP contribution in [0.2, 0.25) is 0 Å². The van der Waals surface area contributed by atoms with Crippen molar-refractivity contribution in [1.82, 2.24) is 9.66 Å². The van der Waals surface area contributed by atoms with E-state index in [-0.39, 0.29) is 24.0 Å². The van der Waals surface area contributed by atoms with E-state index in [0.29, 0.717) is 40.6 Å². The van der Waals surface area contributed by atoms with Crippen molar-refractivity contribution in [3.05, 3.63) is 40.4 Å². The highest BCUT2D eigenvalue weighted by atomic mass is 16.5. The Hall–Kier alpha value is -2.21. The first kappa shape index (κ1) is 20.1.